The van der Waals surface area contributed by atoms with Crippen LogP contribution < -0.4 is 10.9 Å². The molecule has 0 radical (unpaired) electrons. The van der Waals surface area contributed by atoms with Gasteiger partial charge in [0, 0.05) is 16.5 Å². The molecule has 1 N–H and O–H groups in total. The molecule has 2 aromatic carbocycles. The van der Waals surface area contributed by atoms with Gasteiger partial charge in [-0.3, -0.25) is 9.69 Å². The molecule has 1 aromatic heterocycles. The summed E-state index contributed by atoms with van der Waals surface area (Å²) in [4.78, 5) is 39.4. The number of halogens is 1. The number of carbonyl (C=O) groups excluding carboxylic acids is 2. The fraction of sp³-hybridized carbons (Fsp3) is 0.261. The largest absolute Gasteiger partial charge is 0.423 e. The van der Waals surface area contributed by atoms with Gasteiger partial charge in [-0.2, -0.15) is 0 Å². The highest BCUT2D eigenvalue weighted by Gasteiger charge is 2.51. The lowest BCUT2D eigenvalue weighted by atomic mass is 9.87. The van der Waals surface area contributed by atoms with E-state index in [1.807, 2.05) is 44.2 Å². The minimum absolute atomic E-state index is 0.0524. The van der Waals surface area contributed by atoms with Crippen LogP contribution in [0.1, 0.15) is 37.0 Å². The molecule has 1 atom stereocenters. The lowest BCUT2D eigenvalue weighted by Gasteiger charge is -2.25. The van der Waals surface area contributed by atoms with Gasteiger partial charge in [-0.15, -0.1) is 0 Å². The van der Waals surface area contributed by atoms with Crippen molar-refractivity contribution < 1.29 is 14.0 Å². The van der Waals surface area contributed by atoms with Crippen molar-refractivity contribution in [1.29, 1.82) is 0 Å². The lowest BCUT2D eigenvalue weighted by Crippen LogP contribution is -2.43. The number of urea groups is 1. The van der Waals surface area contributed by atoms with Crippen molar-refractivity contribution in [2.75, 3.05) is 0 Å². The summed E-state index contributed by atoms with van der Waals surface area (Å²) >= 11 is 6.36. The summed E-state index contributed by atoms with van der Waals surface area (Å²) < 4.78 is 5.33. The van der Waals surface area contributed by atoms with Crippen molar-refractivity contribution in [3.05, 3.63) is 80.7 Å². The van der Waals surface area contributed by atoms with E-state index >= 15 is 0 Å². The van der Waals surface area contributed by atoms with E-state index in [0.717, 1.165) is 16.0 Å². The molecular weight excluding hydrogens is 404 g/mol. The predicted octanol–water partition coefficient (Wildman–Crippen LogP) is 4.37. The molecule has 30 heavy (non-hydrogen) atoms. The number of fused-ring (bicyclic) bond motifs is 1. The maximum absolute atomic E-state index is 13.4. The number of carbonyl (C=O) groups is 2. The Balaban J connectivity index is 1.77. The lowest BCUT2D eigenvalue weighted by molar-refractivity contribution is -0.132. The molecular formula is C23H21ClN2O4. The summed E-state index contributed by atoms with van der Waals surface area (Å²) in [6, 6.07) is 13.4. The number of rotatable bonds is 5. The number of imide groups is 1. The third-order valence-corrected chi connectivity index (χ3v) is 6.03. The molecule has 1 saturated heterocycles. The first kappa shape index (κ1) is 20.2. The molecule has 7 heteroatoms. The summed E-state index contributed by atoms with van der Waals surface area (Å²) in [6.07, 6.45) is 1.09. The second kappa shape index (κ2) is 7.61. The zero-order valence-corrected chi connectivity index (χ0v) is 17.5. The van der Waals surface area contributed by atoms with Crippen LogP contribution in [0.2, 0.25) is 5.02 Å². The zero-order chi connectivity index (χ0) is 21.5. The molecule has 3 aromatic rings. The van der Waals surface area contributed by atoms with Crippen LogP contribution in [0.3, 0.4) is 0 Å². The summed E-state index contributed by atoms with van der Waals surface area (Å²) in [5, 5.41) is 4.00. The van der Waals surface area contributed by atoms with Gasteiger partial charge in [0.2, 0.25) is 0 Å². The predicted molar refractivity (Wildman–Crippen MR) is 114 cm³/mol. The Morgan fingerprint density at radius 2 is 1.77 bits per heavy atom. The van der Waals surface area contributed by atoms with Crippen molar-refractivity contribution in [1.82, 2.24) is 10.2 Å². The quantitative estimate of drug-likeness (QED) is 0.487. The maximum atomic E-state index is 13.4. The molecule has 1 unspecified atom stereocenters. The van der Waals surface area contributed by atoms with Gasteiger partial charge in [0.15, 0.2) is 0 Å². The van der Waals surface area contributed by atoms with Crippen LogP contribution in [0, 0.1) is 0 Å². The van der Waals surface area contributed by atoms with Crippen molar-refractivity contribution in [2.24, 2.45) is 0 Å². The first-order valence-electron chi connectivity index (χ1n) is 9.84. The van der Waals surface area contributed by atoms with Gasteiger partial charge in [-0.25, -0.2) is 9.59 Å². The summed E-state index contributed by atoms with van der Waals surface area (Å²) in [5.41, 5.74) is 0.805. The highest BCUT2D eigenvalue weighted by Crippen LogP contribution is 2.34. The average molecular weight is 425 g/mol. The Hall–Kier alpha value is -3.12. The van der Waals surface area contributed by atoms with E-state index in [-0.39, 0.29) is 12.5 Å². The van der Waals surface area contributed by atoms with E-state index in [9.17, 15) is 14.4 Å². The third kappa shape index (κ3) is 3.17. The highest BCUT2D eigenvalue weighted by atomic mass is 35.5. The van der Waals surface area contributed by atoms with E-state index in [2.05, 4.69) is 5.32 Å². The van der Waals surface area contributed by atoms with Gasteiger partial charge in [0.25, 0.3) is 5.91 Å². The number of nitrogens with one attached hydrogen (secondary N) is 1. The van der Waals surface area contributed by atoms with E-state index in [1.165, 1.54) is 6.07 Å². The van der Waals surface area contributed by atoms with Gasteiger partial charge >= 0.3 is 11.7 Å². The highest BCUT2D eigenvalue weighted by molar-refractivity contribution is 6.32. The van der Waals surface area contributed by atoms with Crippen LogP contribution in [-0.4, -0.2) is 16.8 Å². The molecule has 0 bridgehead atoms. The van der Waals surface area contributed by atoms with Crippen LogP contribution in [0.5, 0.6) is 0 Å². The van der Waals surface area contributed by atoms with Gasteiger partial charge < -0.3 is 9.73 Å². The summed E-state index contributed by atoms with van der Waals surface area (Å²) in [5.74, 6) is -0.348. The van der Waals surface area contributed by atoms with Crippen LogP contribution in [0.4, 0.5) is 4.79 Å². The molecule has 0 spiro atoms. The molecule has 154 valence electrons. The smallest absolute Gasteiger partial charge is 0.336 e. The average Bonchev–Trinajstić information content (AvgIpc) is 2.99. The van der Waals surface area contributed by atoms with Gasteiger partial charge in [0.1, 0.15) is 11.1 Å². The number of aryl methyl sites for hydroxylation is 1. The minimum Gasteiger partial charge on any atom is -0.423 e. The number of hydrogen-bond donors (Lipinski definition) is 1. The fourth-order valence-corrected chi connectivity index (χ4v) is 4.29. The monoisotopic (exact) mass is 424 g/mol. The van der Waals surface area contributed by atoms with E-state index in [1.54, 1.807) is 12.1 Å². The van der Waals surface area contributed by atoms with Gasteiger partial charge in [-0.1, -0.05) is 55.8 Å². The Bertz CT molecular complexity index is 1210. The Kier molecular flexibility index (Phi) is 5.12. The van der Waals surface area contributed by atoms with Crippen LogP contribution >= 0.6 is 11.6 Å². The van der Waals surface area contributed by atoms with Crippen molar-refractivity contribution in [3.63, 3.8) is 0 Å². The number of amides is 3. The second-order valence-corrected chi connectivity index (χ2v) is 7.74. The fourth-order valence-electron chi connectivity index (χ4n) is 3.99. The number of hydrogen-bond acceptors (Lipinski definition) is 4. The molecule has 0 saturated carbocycles. The zero-order valence-electron chi connectivity index (χ0n) is 16.7. The van der Waals surface area contributed by atoms with Crippen molar-refractivity contribution in [2.45, 2.75) is 38.8 Å². The Morgan fingerprint density at radius 1 is 1.03 bits per heavy atom. The summed E-state index contributed by atoms with van der Waals surface area (Å²) in [7, 11) is 0. The van der Waals surface area contributed by atoms with E-state index < -0.39 is 17.2 Å². The number of nitrogens with zero attached hydrogens (tertiary/aromatic N) is 1. The Labute approximate surface area is 178 Å². The molecule has 4 rings (SSSR count). The molecule has 6 nitrogen and oxygen atoms in total. The normalized spacial score (nSPS) is 18.8. The molecule has 3 amide bonds. The van der Waals surface area contributed by atoms with Crippen molar-refractivity contribution >= 4 is 34.5 Å². The third-order valence-electron chi connectivity index (χ3n) is 5.68. The molecule has 1 aliphatic heterocycles. The maximum Gasteiger partial charge on any atom is 0.336 e. The molecule has 2 heterocycles. The second-order valence-electron chi connectivity index (χ2n) is 7.33. The van der Waals surface area contributed by atoms with Crippen LogP contribution in [-0.2, 0) is 23.3 Å². The number of benzene rings is 2. The van der Waals surface area contributed by atoms with E-state index in [0.29, 0.717) is 34.4 Å². The van der Waals surface area contributed by atoms with Gasteiger partial charge in [-0.05, 0) is 41.7 Å². The minimum atomic E-state index is -1.12. The van der Waals surface area contributed by atoms with Crippen molar-refractivity contribution in [3.8, 4) is 0 Å². The Morgan fingerprint density at radius 3 is 2.43 bits per heavy atom. The van der Waals surface area contributed by atoms with E-state index in [4.69, 9.17) is 16.0 Å². The first-order valence-corrected chi connectivity index (χ1v) is 10.2. The topological polar surface area (TPSA) is 79.6 Å². The van der Waals surface area contributed by atoms with Crippen LogP contribution in [0.15, 0.2) is 57.7 Å². The molecule has 1 aliphatic rings. The summed E-state index contributed by atoms with van der Waals surface area (Å²) in [6.45, 7) is 3.76. The molecule has 1 fully saturated rings. The van der Waals surface area contributed by atoms with Gasteiger partial charge in [0.05, 0.1) is 6.54 Å². The molecule has 0 aliphatic carbocycles. The first-order chi connectivity index (χ1) is 14.4. The van der Waals surface area contributed by atoms with Crippen LogP contribution in [0.25, 0.3) is 11.0 Å². The SMILES string of the molecule is CCc1cc2oc(=O)cc(CN3C(=O)NC(CC)(c4ccccc4)C3=O)c2cc1Cl. The standard InChI is InChI=1S/C23H21ClN2O4/c1-3-14-10-19-17(12-18(14)24)15(11-20(27)30-19)13-26-21(28)23(4-2,25-22(26)29)16-8-6-5-7-9-16/h5-12H,3-4,13H2,1-2H3,(H,25,29).